The molecule has 0 aliphatic carbocycles. The van der Waals surface area contributed by atoms with E-state index in [2.05, 4.69) is 5.32 Å². The first-order valence-corrected chi connectivity index (χ1v) is 7.87. The Morgan fingerprint density at radius 2 is 1.90 bits per heavy atom. The average Bonchev–Trinajstić information content (AvgIpc) is 2.37. The third kappa shape index (κ3) is 2.89. The zero-order chi connectivity index (χ0) is 15.8. The van der Waals surface area contributed by atoms with Crippen LogP contribution >= 0.6 is 0 Å². The van der Waals surface area contributed by atoms with Gasteiger partial charge in [0.15, 0.2) is 0 Å². The molecule has 1 fully saturated rings. The van der Waals surface area contributed by atoms with Gasteiger partial charge in [0.05, 0.1) is 9.82 Å². The maximum Gasteiger partial charge on any atom is 0.304 e. The Labute approximate surface area is 122 Å². The molecule has 0 bridgehead atoms. The zero-order valence-electron chi connectivity index (χ0n) is 11.6. The second-order valence-corrected chi connectivity index (χ2v) is 6.90. The van der Waals surface area contributed by atoms with Crippen molar-refractivity contribution in [2.45, 2.75) is 30.8 Å². The smallest absolute Gasteiger partial charge is 0.304 e. The van der Waals surface area contributed by atoms with Gasteiger partial charge in [-0.05, 0) is 19.9 Å². The quantitative estimate of drug-likeness (QED) is 0.666. The van der Waals surface area contributed by atoms with Crippen LogP contribution in [0.1, 0.15) is 13.8 Å². The minimum absolute atomic E-state index is 0.272. The maximum atomic E-state index is 13.7. The second kappa shape index (κ2) is 5.66. The minimum Gasteiger partial charge on any atom is -0.314 e. The fraction of sp³-hybridized carbons (Fsp3) is 0.500. The molecule has 7 nitrogen and oxygen atoms in total. The summed E-state index contributed by atoms with van der Waals surface area (Å²) in [5.74, 6) is -1.16. The highest BCUT2D eigenvalue weighted by Gasteiger charge is 2.36. The van der Waals surface area contributed by atoms with Gasteiger partial charge in [-0.25, -0.2) is 8.42 Å². The standard InChI is InChI=1S/C12H16FN3O4S/c1-8-6-14-7-9(2)15(8)21(19,20)10-3-4-12(16(17)18)11(13)5-10/h3-5,8-9,14H,6-7H2,1-2H3. The van der Waals surface area contributed by atoms with Crippen LogP contribution in [0.5, 0.6) is 0 Å². The van der Waals surface area contributed by atoms with E-state index < -0.39 is 26.5 Å². The van der Waals surface area contributed by atoms with Crippen LogP contribution in [0.4, 0.5) is 10.1 Å². The number of nitro groups is 1. The van der Waals surface area contributed by atoms with Gasteiger partial charge in [0.25, 0.3) is 0 Å². The summed E-state index contributed by atoms with van der Waals surface area (Å²) in [5.41, 5.74) is -0.740. The van der Waals surface area contributed by atoms with Gasteiger partial charge in [-0.3, -0.25) is 10.1 Å². The lowest BCUT2D eigenvalue weighted by Crippen LogP contribution is -2.57. The Kier molecular flexibility index (Phi) is 4.26. The Balaban J connectivity index is 2.44. The Morgan fingerprint density at radius 3 is 2.38 bits per heavy atom. The summed E-state index contributed by atoms with van der Waals surface area (Å²) in [4.78, 5) is 9.43. The molecule has 0 amide bonds. The molecule has 2 atom stereocenters. The number of hydrogen-bond donors (Lipinski definition) is 1. The molecule has 2 rings (SSSR count). The SMILES string of the molecule is CC1CNCC(C)N1S(=O)(=O)c1ccc([N+](=O)[O-])c(F)c1. The molecule has 1 aliphatic rings. The fourth-order valence-corrected chi connectivity index (χ4v) is 4.34. The van der Waals surface area contributed by atoms with E-state index >= 15 is 0 Å². The largest absolute Gasteiger partial charge is 0.314 e. The van der Waals surface area contributed by atoms with E-state index in [9.17, 15) is 22.9 Å². The van der Waals surface area contributed by atoms with Gasteiger partial charge >= 0.3 is 5.69 Å². The molecule has 116 valence electrons. The van der Waals surface area contributed by atoms with Gasteiger partial charge < -0.3 is 5.32 Å². The van der Waals surface area contributed by atoms with Crippen LogP contribution < -0.4 is 5.32 Å². The third-order valence-electron chi connectivity index (χ3n) is 3.44. The Bertz CT molecular complexity index is 654. The average molecular weight is 317 g/mol. The van der Waals surface area contributed by atoms with E-state index in [0.29, 0.717) is 19.2 Å². The van der Waals surface area contributed by atoms with Crippen LogP contribution in [-0.4, -0.2) is 42.8 Å². The summed E-state index contributed by atoms with van der Waals surface area (Å²) in [7, 11) is -3.89. The maximum absolute atomic E-state index is 13.7. The van der Waals surface area contributed by atoms with E-state index in [1.807, 2.05) is 0 Å². The van der Waals surface area contributed by atoms with Crippen LogP contribution in [0.3, 0.4) is 0 Å². The number of sulfonamides is 1. The van der Waals surface area contributed by atoms with Crippen LogP contribution in [0, 0.1) is 15.9 Å². The van der Waals surface area contributed by atoms with Crippen molar-refractivity contribution in [3.8, 4) is 0 Å². The summed E-state index contributed by atoms with van der Waals surface area (Å²) in [6.07, 6.45) is 0. The summed E-state index contributed by atoms with van der Waals surface area (Å²) in [6.45, 7) is 4.50. The van der Waals surface area contributed by atoms with Crippen LogP contribution in [0.2, 0.25) is 0 Å². The lowest BCUT2D eigenvalue weighted by Gasteiger charge is -2.38. The summed E-state index contributed by atoms with van der Waals surface area (Å²) in [5, 5.41) is 13.7. The highest BCUT2D eigenvalue weighted by molar-refractivity contribution is 7.89. The van der Waals surface area contributed by atoms with Crippen molar-refractivity contribution in [1.82, 2.24) is 9.62 Å². The van der Waals surface area contributed by atoms with Gasteiger partial charge in [-0.15, -0.1) is 0 Å². The number of nitrogens with zero attached hydrogens (tertiary/aromatic N) is 2. The Morgan fingerprint density at radius 1 is 1.33 bits per heavy atom. The zero-order valence-corrected chi connectivity index (χ0v) is 12.4. The van der Waals surface area contributed by atoms with Crippen molar-refractivity contribution in [1.29, 1.82) is 0 Å². The van der Waals surface area contributed by atoms with Gasteiger partial charge in [0, 0.05) is 37.3 Å². The van der Waals surface area contributed by atoms with Crippen LogP contribution in [0.25, 0.3) is 0 Å². The molecule has 0 saturated carbocycles. The molecule has 1 saturated heterocycles. The lowest BCUT2D eigenvalue weighted by atomic mass is 10.2. The van der Waals surface area contributed by atoms with E-state index in [4.69, 9.17) is 0 Å². The number of benzene rings is 1. The van der Waals surface area contributed by atoms with Crippen LogP contribution in [-0.2, 0) is 10.0 Å². The summed E-state index contributed by atoms with van der Waals surface area (Å²) >= 11 is 0. The van der Waals surface area contributed by atoms with E-state index in [1.165, 1.54) is 4.31 Å². The predicted octanol–water partition coefficient (Wildman–Crippen LogP) is 1.10. The van der Waals surface area contributed by atoms with Gasteiger partial charge in [-0.2, -0.15) is 8.70 Å². The van der Waals surface area contributed by atoms with Crippen LogP contribution in [0.15, 0.2) is 23.1 Å². The van der Waals surface area contributed by atoms with Crippen molar-refractivity contribution in [2.75, 3.05) is 13.1 Å². The van der Waals surface area contributed by atoms with E-state index in [1.54, 1.807) is 13.8 Å². The predicted molar refractivity (Wildman–Crippen MR) is 73.9 cm³/mol. The number of piperazine rings is 1. The van der Waals surface area contributed by atoms with Crippen molar-refractivity contribution >= 4 is 15.7 Å². The highest BCUT2D eigenvalue weighted by atomic mass is 32.2. The van der Waals surface area contributed by atoms with Crippen molar-refractivity contribution in [3.05, 3.63) is 34.1 Å². The molecule has 1 aromatic rings. The molecule has 0 radical (unpaired) electrons. The van der Waals surface area contributed by atoms with Gasteiger partial charge in [-0.1, -0.05) is 0 Å². The molecule has 1 N–H and O–H groups in total. The topological polar surface area (TPSA) is 92.6 Å². The third-order valence-corrected chi connectivity index (χ3v) is 5.56. The number of rotatable bonds is 3. The monoisotopic (exact) mass is 317 g/mol. The molecular weight excluding hydrogens is 301 g/mol. The normalized spacial score (nSPS) is 24.0. The van der Waals surface area contributed by atoms with Gasteiger partial charge in [0.2, 0.25) is 15.8 Å². The Hall–Kier alpha value is -1.58. The van der Waals surface area contributed by atoms with Crippen molar-refractivity contribution in [2.24, 2.45) is 0 Å². The summed E-state index contributed by atoms with van der Waals surface area (Å²) in [6, 6.07) is 2.08. The van der Waals surface area contributed by atoms with Gasteiger partial charge in [0.1, 0.15) is 0 Å². The molecule has 0 spiro atoms. The molecule has 2 unspecified atom stereocenters. The minimum atomic E-state index is -3.89. The van der Waals surface area contributed by atoms with Crippen molar-refractivity contribution < 1.29 is 17.7 Å². The molecule has 0 aromatic heterocycles. The first kappa shape index (κ1) is 15.8. The highest BCUT2D eigenvalue weighted by Crippen LogP contribution is 2.26. The number of nitro benzene ring substituents is 1. The first-order chi connectivity index (χ1) is 9.75. The number of halogens is 1. The molecule has 21 heavy (non-hydrogen) atoms. The molecule has 1 aliphatic heterocycles. The first-order valence-electron chi connectivity index (χ1n) is 6.43. The lowest BCUT2D eigenvalue weighted by molar-refractivity contribution is -0.387. The van der Waals surface area contributed by atoms with E-state index in [0.717, 1.165) is 12.1 Å². The second-order valence-electron chi connectivity index (χ2n) is 5.06. The molecule has 1 aromatic carbocycles. The summed E-state index contributed by atoms with van der Waals surface area (Å²) < 4.78 is 40.2. The van der Waals surface area contributed by atoms with Crippen molar-refractivity contribution in [3.63, 3.8) is 0 Å². The number of hydrogen-bond acceptors (Lipinski definition) is 5. The number of nitrogens with one attached hydrogen (secondary N) is 1. The molecule has 1 heterocycles. The molecule has 9 heteroatoms. The fourth-order valence-electron chi connectivity index (χ4n) is 2.51. The molecular formula is C12H16FN3O4S. The van der Waals surface area contributed by atoms with E-state index in [-0.39, 0.29) is 17.0 Å².